The van der Waals surface area contributed by atoms with E-state index in [-0.39, 0.29) is 19.4 Å². The van der Waals surface area contributed by atoms with Gasteiger partial charge in [0.05, 0.1) is 29.1 Å². The largest absolute Gasteiger partial charge is 0.491 e. The lowest BCUT2D eigenvalue weighted by atomic mass is 9.85. The van der Waals surface area contributed by atoms with E-state index < -0.39 is 79.2 Å². The van der Waals surface area contributed by atoms with Gasteiger partial charge >= 0.3 is 6.09 Å². The van der Waals surface area contributed by atoms with Crippen LogP contribution in [-0.2, 0) is 40.4 Å². The summed E-state index contributed by atoms with van der Waals surface area (Å²) in [5.41, 5.74) is 0.777. The van der Waals surface area contributed by atoms with Crippen LogP contribution in [0.5, 0.6) is 5.75 Å². The SMILES string of the molecule is C=C[C@@H]1C[C@]1(NC(=O)[C@@H]1C[C@]2(C=C(c3cc(Cl)c4c(c3)CCO4)NO2)CN1C(=O)[C@@H](NC(=O)OC(C)(C)C)C(C)(C)C)C(=O)NS(=O)(=O)C1CC1. The molecule has 4 amide bonds. The van der Waals surface area contributed by atoms with Gasteiger partial charge in [0.15, 0.2) is 0 Å². The van der Waals surface area contributed by atoms with Crippen molar-refractivity contribution < 1.29 is 41.9 Å². The number of rotatable bonds is 9. The van der Waals surface area contributed by atoms with E-state index in [2.05, 4.69) is 27.4 Å². The number of alkyl carbamates (subject to hydrolysis) is 1. The standard InChI is InChI=1S/C35H46ClN5O9S/c1-8-21-15-35(21,30(44)40-51(46,47)22-9-10-22)38-28(42)25-17-34(16-24(39-50-34)20-13-19-11-12-48-26(19)23(36)14-20)18-41(25)29(43)27(32(2,3)4)37-31(45)49-33(5,6)7/h8,13-14,16,21-22,25,27,39H,1,9-12,15,17-18H2,2-7H3,(H,37,45)(H,38,42)(H,40,44)/t21-,25+,27-,34-,35-/m1/s1. The van der Waals surface area contributed by atoms with Crippen molar-refractivity contribution in [1.82, 2.24) is 25.7 Å². The smallest absolute Gasteiger partial charge is 0.408 e. The molecule has 3 fully saturated rings. The second-order valence-electron chi connectivity index (χ2n) is 16.2. The third kappa shape index (κ3) is 7.43. The van der Waals surface area contributed by atoms with E-state index >= 15 is 0 Å². The zero-order chi connectivity index (χ0) is 37.3. The van der Waals surface area contributed by atoms with Crippen LogP contribution in [0.15, 0.2) is 30.9 Å². The number of hydrogen-bond donors (Lipinski definition) is 4. The Hall–Kier alpha value is -3.82. The molecule has 2 aliphatic carbocycles. The van der Waals surface area contributed by atoms with Crippen LogP contribution in [0.4, 0.5) is 4.79 Å². The van der Waals surface area contributed by atoms with E-state index in [0.717, 1.165) is 11.1 Å². The van der Waals surface area contributed by atoms with Gasteiger partial charge in [0.2, 0.25) is 21.8 Å². The van der Waals surface area contributed by atoms with Crippen LogP contribution in [0.1, 0.15) is 78.4 Å². The minimum absolute atomic E-state index is 0.0248. The topological polar surface area (TPSA) is 181 Å². The summed E-state index contributed by atoms with van der Waals surface area (Å²) in [7, 11) is -3.91. The van der Waals surface area contributed by atoms with Crippen molar-refractivity contribution in [3.63, 3.8) is 0 Å². The second-order valence-corrected chi connectivity index (χ2v) is 18.6. The number of fused-ring (bicyclic) bond motifs is 1. The van der Waals surface area contributed by atoms with Gasteiger partial charge in [0.25, 0.3) is 5.91 Å². The lowest BCUT2D eigenvalue weighted by Crippen LogP contribution is -2.60. The Balaban J connectivity index is 1.32. The molecule has 1 aromatic rings. The van der Waals surface area contributed by atoms with Crippen molar-refractivity contribution in [2.24, 2.45) is 11.3 Å². The lowest BCUT2D eigenvalue weighted by molar-refractivity contribution is -0.143. The van der Waals surface area contributed by atoms with Gasteiger partial charge in [-0.1, -0.05) is 38.4 Å². The lowest BCUT2D eigenvalue weighted by Gasteiger charge is -2.36. The maximum absolute atomic E-state index is 14.6. The van der Waals surface area contributed by atoms with Crippen molar-refractivity contribution in [2.45, 2.75) is 108 Å². The van der Waals surface area contributed by atoms with Gasteiger partial charge in [-0.05, 0) is 69.2 Å². The number of halogens is 1. The Kier molecular flexibility index (Phi) is 9.20. The molecule has 278 valence electrons. The average Bonchev–Trinajstić information content (AvgIpc) is 3.85. The Labute approximate surface area is 303 Å². The summed E-state index contributed by atoms with van der Waals surface area (Å²) < 4.78 is 38.6. The number of sulfonamides is 1. The monoisotopic (exact) mass is 747 g/mol. The van der Waals surface area contributed by atoms with Gasteiger partial charge in [-0.25, -0.2) is 13.2 Å². The molecule has 4 N–H and O–H groups in total. The summed E-state index contributed by atoms with van der Waals surface area (Å²) in [6.07, 6.45) is 4.20. The molecule has 6 rings (SSSR count). The van der Waals surface area contributed by atoms with Crippen molar-refractivity contribution in [3.8, 4) is 5.75 Å². The number of hydroxylamine groups is 1. The van der Waals surface area contributed by atoms with Crippen molar-refractivity contribution in [2.75, 3.05) is 13.2 Å². The first-order valence-corrected chi connectivity index (χ1v) is 19.0. The normalized spacial score (nSPS) is 27.4. The molecule has 1 spiro atoms. The molecule has 14 nitrogen and oxygen atoms in total. The Morgan fingerprint density at radius 3 is 2.45 bits per heavy atom. The van der Waals surface area contributed by atoms with E-state index in [0.29, 0.717) is 42.3 Å². The maximum Gasteiger partial charge on any atom is 0.408 e. The van der Waals surface area contributed by atoms with E-state index in [1.165, 1.54) is 11.0 Å². The number of likely N-dealkylation sites (tertiary alicyclic amines) is 1. The van der Waals surface area contributed by atoms with Gasteiger partial charge in [-0.15, -0.1) is 6.58 Å². The second kappa shape index (κ2) is 12.7. The summed E-state index contributed by atoms with van der Waals surface area (Å²) in [6, 6.07) is 1.37. The fourth-order valence-electron chi connectivity index (χ4n) is 6.84. The maximum atomic E-state index is 14.6. The number of amides is 4. The van der Waals surface area contributed by atoms with Gasteiger partial charge in [0.1, 0.15) is 34.6 Å². The molecule has 1 aromatic carbocycles. The van der Waals surface area contributed by atoms with Gasteiger partial charge in [0, 0.05) is 24.3 Å². The summed E-state index contributed by atoms with van der Waals surface area (Å²) in [4.78, 5) is 62.8. The van der Waals surface area contributed by atoms with Gasteiger partial charge in [-0.3, -0.25) is 29.4 Å². The number of nitrogens with one attached hydrogen (secondary N) is 4. The van der Waals surface area contributed by atoms with Crippen LogP contribution in [0.25, 0.3) is 5.70 Å². The first-order chi connectivity index (χ1) is 23.7. The van der Waals surface area contributed by atoms with Crippen LogP contribution in [0.2, 0.25) is 5.02 Å². The third-order valence-corrected chi connectivity index (χ3v) is 11.9. The molecule has 51 heavy (non-hydrogen) atoms. The van der Waals surface area contributed by atoms with E-state index in [1.807, 2.05) is 6.07 Å². The quantitative estimate of drug-likeness (QED) is 0.274. The molecule has 3 heterocycles. The zero-order valence-electron chi connectivity index (χ0n) is 29.7. The molecule has 0 aromatic heterocycles. The van der Waals surface area contributed by atoms with E-state index in [9.17, 15) is 27.6 Å². The Morgan fingerprint density at radius 2 is 1.84 bits per heavy atom. The Morgan fingerprint density at radius 1 is 1.14 bits per heavy atom. The molecular formula is C35H46ClN5O9S. The van der Waals surface area contributed by atoms with Crippen LogP contribution >= 0.6 is 11.6 Å². The molecule has 1 saturated heterocycles. The van der Waals surface area contributed by atoms with Crippen molar-refractivity contribution in [3.05, 3.63) is 47.0 Å². The average molecular weight is 748 g/mol. The molecule has 0 radical (unpaired) electrons. The van der Waals surface area contributed by atoms with Crippen molar-refractivity contribution in [1.29, 1.82) is 0 Å². The van der Waals surface area contributed by atoms with E-state index in [4.69, 9.17) is 25.9 Å². The highest BCUT2D eigenvalue weighted by molar-refractivity contribution is 7.91. The van der Waals surface area contributed by atoms with E-state index in [1.54, 1.807) is 53.7 Å². The molecule has 0 bridgehead atoms. The number of nitrogens with zero attached hydrogens (tertiary/aromatic N) is 1. The van der Waals surface area contributed by atoms with Gasteiger partial charge < -0.3 is 25.0 Å². The number of carbonyl (C=O) groups excluding carboxylic acids is 4. The van der Waals surface area contributed by atoms with Crippen LogP contribution < -0.4 is 25.6 Å². The summed E-state index contributed by atoms with van der Waals surface area (Å²) in [5, 5.41) is 5.29. The fraction of sp³-hybridized carbons (Fsp3) is 0.600. The minimum Gasteiger partial charge on any atom is -0.491 e. The summed E-state index contributed by atoms with van der Waals surface area (Å²) in [6.45, 7) is 14.6. The predicted octanol–water partition coefficient (Wildman–Crippen LogP) is 3.10. The molecule has 0 unspecified atom stereocenters. The highest BCUT2D eigenvalue weighted by Crippen LogP contribution is 2.47. The zero-order valence-corrected chi connectivity index (χ0v) is 31.3. The molecular weight excluding hydrogens is 702 g/mol. The summed E-state index contributed by atoms with van der Waals surface area (Å²) >= 11 is 6.52. The number of ether oxygens (including phenoxy) is 2. The first kappa shape index (κ1) is 37.0. The fourth-order valence-corrected chi connectivity index (χ4v) is 8.50. The van der Waals surface area contributed by atoms with Crippen LogP contribution in [-0.4, -0.2) is 84.4 Å². The first-order valence-electron chi connectivity index (χ1n) is 17.1. The molecule has 5 atom stereocenters. The third-order valence-electron chi connectivity index (χ3n) is 9.78. The Bertz CT molecular complexity index is 1820. The molecule has 3 aliphatic heterocycles. The highest BCUT2D eigenvalue weighted by atomic mass is 35.5. The highest BCUT2D eigenvalue weighted by Gasteiger charge is 2.63. The minimum atomic E-state index is -3.91. The summed E-state index contributed by atoms with van der Waals surface area (Å²) in [5.74, 6) is -2.00. The number of carbonyl (C=O) groups is 4. The molecule has 5 aliphatic rings. The van der Waals surface area contributed by atoms with Gasteiger partial charge in [-0.2, -0.15) is 0 Å². The number of hydrogen-bond acceptors (Lipinski definition) is 10. The number of benzene rings is 1. The molecule has 2 saturated carbocycles. The van der Waals surface area contributed by atoms with Crippen LogP contribution in [0, 0.1) is 11.3 Å². The predicted molar refractivity (Wildman–Crippen MR) is 188 cm³/mol. The van der Waals surface area contributed by atoms with Crippen molar-refractivity contribution >= 4 is 51.1 Å². The molecule has 16 heteroatoms. The van der Waals surface area contributed by atoms with Crippen LogP contribution in [0.3, 0.4) is 0 Å².